The minimum absolute atomic E-state index is 0.181. The Balaban J connectivity index is 2.22. The van der Waals surface area contributed by atoms with Gasteiger partial charge in [0.25, 0.3) is 5.91 Å². The highest BCUT2D eigenvalue weighted by atomic mass is 32.1. The van der Waals surface area contributed by atoms with E-state index in [1.807, 2.05) is 0 Å². The van der Waals surface area contributed by atoms with Crippen LogP contribution in [-0.4, -0.2) is 67.9 Å². The molecule has 1 aromatic rings. The first-order valence-electron chi connectivity index (χ1n) is 9.28. The maximum atomic E-state index is 12.6. The van der Waals surface area contributed by atoms with Crippen molar-refractivity contribution in [3.05, 3.63) is 16.0 Å². The van der Waals surface area contributed by atoms with Crippen molar-refractivity contribution in [1.29, 1.82) is 0 Å². The average Bonchev–Trinajstić information content (AvgIpc) is 2.90. The molecule has 27 heavy (non-hydrogen) atoms. The van der Waals surface area contributed by atoms with E-state index in [-0.39, 0.29) is 30.5 Å². The highest BCUT2D eigenvalue weighted by Crippen LogP contribution is 2.34. The third-order valence-electron chi connectivity index (χ3n) is 4.59. The summed E-state index contributed by atoms with van der Waals surface area (Å²) < 4.78 is 5.13. The molecule has 0 radical (unpaired) electrons. The van der Waals surface area contributed by atoms with Gasteiger partial charge in [-0.3, -0.25) is 14.5 Å². The fourth-order valence-corrected chi connectivity index (χ4v) is 4.49. The van der Waals surface area contributed by atoms with Crippen molar-refractivity contribution in [2.45, 2.75) is 33.6 Å². The maximum absolute atomic E-state index is 12.6. The number of piperidine rings is 1. The number of anilines is 1. The van der Waals surface area contributed by atoms with Gasteiger partial charge >= 0.3 is 5.97 Å². The van der Waals surface area contributed by atoms with Crippen LogP contribution in [0.3, 0.4) is 0 Å². The highest BCUT2D eigenvalue weighted by Gasteiger charge is 2.28. The number of ether oxygens (including phenoxy) is 1. The van der Waals surface area contributed by atoms with Gasteiger partial charge in [0.1, 0.15) is 5.00 Å². The molecule has 0 unspecified atom stereocenters. The molecule has 0 saturated carbocycles. The standard InChI is InChI=1S/C19H29N3O4S/c1-6-26-19(25)15-13(3)16(18(24)21(4)5)27-17(15)20-14(23)11-22-9-7-8-12(2)10-22/h12H,6-11H2,1-5H3,(H,20,23)/t12-/m0/s1. The largest absolute Gasteiger partial charge is 0.462 e. The molecule has 1 aliphatic heterocycles. The van der Waals surface area contributed by atoms with Crippen molar-refractivity contribution in [2.24, 2.45) is 5.92 Å². The summed E-state index contributed by atoms with van der Waals surface area (Å²) in [6, 6.07) is 0. The molecule has 2 rings (SSSR count). The fraction of sp³-hybridized carbons (Fsp3) is 0.632. The van der Waals surface area contributed by atoms with E-state index in [0.717, 1.165) is 30.8 Å². The van der Waals surface area contributed by atoms with Crippen LogP contribution in [0.25, 0.3) is 0 Å². The normalized spacial score (nSPS) is 17.4. The van der Waals surface area contributed by atoms with Gasteiger partial charge in [0.2, 0.25) is 5.91 Å². The van der Waals surface area contributed by atoms with Gasteiger partial charge in [-0.2, -0.15) is 0 Å². The minimum Gasteiger partial charge on any atom is -0.462 e. The second-order valence-electron chi connectivity index (χ2n) is 7.21. The van der Waals surface area contributed by atoms with E-state index < -0.39 is 5.97 Å². The van der Waals surface area contributed by atoms with Gasteiger partial charge in [0.15, 0.2) is 0 Å². The molecule has 0 aliphatic carbocycles. The van der Waals surface area contributed by atoms with E-state index in [1.165, 1.54) is 11.3 Å². The Kier molecular flexibility index (Phi) is 7.38. The summed E-state index contributed by atoms with van der Waals surface area (Å²) in [5.41, 5.74) is 0.812. The molecule has 0 spiro atoms. The Hall–Kier alpha value is -1.93. The number of nitrogens with zero attached hydrogens (tertiary/aromatic N) is 2. The van der Waals surface area contributed by atoms with Gasteiger partial charge in [0, 0.05) is 20.6 Å². The monoisotopic (exact) mass is 395 g/mol. The summed E-state index contributed by atoms with van der Waals surface area (Å²) in [6.45, 7) is 7.92. The molecule has 1 aromatic heterocycles. The number of amides is 2. The lowest BCUT2D eigenvalue weighted by Crippen LogP contribution is -2.39. The van der Waals surface area contributed by atoms with Gasteiger partial charge in [-0.25, -0.2) is 4.79 Å². The quantitative estimate of drug-likeness (QED) is 0.749. The smallest absolute Gasteiger partial charge is 0.341 e. The van der Waals surface area contributed by atoms with Crippen LogP contribution >= 0.6 is 11.3 Å². The molecule has 7 nitrogen and oxygen atoms in total. The highest BCUT2D eigenvalue weighted by molar-refractivity contribution is 7.18. The molecule has 0 bridgehead atoms. The summed E-state index contributed by atoms with van der Waals surface area (Å²) in [5.74, 6) is -0.325. The van der Waals surface area contributed by atoms with Gasteiger partial charge in [-0.15, -0.1) is 11.3 Å². The van der Waals surface area contributed by atoms with E-state index in [0.29, 0.717) is 21.4 Å². The summed E-state index contributed by atoms with van der Waals surface area (Å²) >= 11 is 1.13. The third kappa shape index (κ3) is 5.29. The van der Waals surface area contributed by atoms with E-state index in [4.69, 9.17) is 4.74 Å². The number of hydrogen-bond acceptors (Lipinski definition) is 6. The lowest BCUT2D eigenvalue weighted by Gasteiger charge is -2.30. The molecular formula is C19H29N3O4S. The van der Waals surface area contributed by atoms with Gasteiger partial charge in [-0.05, 0) is 44.7 Å². The second kappa shape index (κ2) is 9.32. The SMILES string of the molecule is CCOC(=O)c1c(NC(=O)CN2CCC[C@H](C)C2)sc(C(=O)N(C)C)c1C. The first-order chi connectivity index (χ1) is 12.7. The third-order valence-corrected chi connectivity index (χ3v) is 5.78. The fourth-order valence-electron chi connectivity index (χ4n) is 3.26. The first kappa shape index (κ1) is 21.4. The number of nitrogens with one attached hydrogen (secondary N) is 1. The van der Waals surface area contributed by atoms with Crippen molar-refractivity contribution in [2.75, 3.05) is 45.7 Å². The molecule has 1 atom stereocenters. The zero-order valence-electron chi connectivity index (χ0n) is 16.8. The number of likely N-dealkylation sites (tertiary alicyclic amines) is 1. The number of hydrogen-bond donors (Lipinski definition) is 1. The Labute approximate surface area is 164 Å². The van der Waals surface area contributed by atoms with E-state index in [9.17, 15) is 14.4 Å². The molecule has 2 heterocycles. The van der Waals surface area contributed by atoms with Crippen LogP contribution < -0.4 is 5.32 Å². The van der Waals surface area contributed by atoms with Crippen molar-refractivity contribution < 1.29 is 19.1 Å². The van der Waals surface area contributed by atoms with Gasteiger partial charge in [-0.1, -0.05) is 6.92 Å². The van der Waals surface area contributed by atoms with Crippen molar-refractivity contribution in [3.63, 3.8) is 0 Å². The summed E-state index contributed by atoms with van der Waals surface area (Å²) in [5, 5.41) is 3.21. The number of thiophene rings is 1. The van der Waals surface area contributed by atoms with Crippen LogP contribution in [-0.2, 0) is 9.53 Å². The van der Waals surface area contributed by atoms with Crippen LogP contribution in [0.15, 0.2) is 0 Å². The number of rotatable bonds is 6. The predicted molar refractivity (Wildman–Crippen MR) is 106 cm³/mol. The maximum Gasteiger partial charge on any atom is 0.341 e. The Morgan fingerprint density at radius 1 is 1.33 bits per heavy atom. The summed E-state index contributed by atoms with van der Waals surface area (Å²) in [7, 11) is 3.31. The Morgan fingerprint density at radius 2 is 2.04 bits per heavy atom. The van der Waals surface area contributed by atoms with Crippen molar-refractivity contribution in [1.82, 2.24) is 9.80 Å². The zero-order valence-corrected chi connectivity index (χ0v) is 17.6. The number of carbonyl (C=O) groups is 3. The predicted octanol–water partition coefficient (Wildman–Crippen LogP) is 2.61. The molecular weight excluding hydrogens is 366 g/mol. The minimum atomic E-state index is -0.522. The molecule has 1 saturated heterocycles. The van der Waals surface area contributed by atoms with E-state index >= 15 is 0 Å². The molecule has 150 valence electrons. The van der Waals surface area contributed by atoms with Crippen LogP contribution in [0.2, 0.25) is 0 Å². The Morgan fingerprint density at radius 3 is 2.63 bits per heavy atom. The number of carbonyl (C=O) groups excluding carboxylic acids is 3. The molecule has 1 fully saturated rings. The summed E-state index contributed by atoms with van der Waals surface area (Å²) in [4.78, 5) is 41.4. The lowest BCUT2D eigenvalue weighted by atomic mass is 10.0. The van der Waals surface area contributed by atoms with Crippen LogP contribution in [0.4, 0.5) is 5.00 Å². The van der Waals surface area contributed by atoms with E-state index in [2.05, 4.69) is 17.1 Å². The number of esters is 1. The zero-order chi connectivity index (χ0) is 20.1. The van der Waals surface area contributed by atoms with Crippen LogP contribution in [0.5, 0.6) is 0 Å². The second-order valence-corrected chi connectivity index (χ2v) is 8.23. The van der Waals surface area contributed by atoms with Gasteiger partial charge in [0.05, 0.1) is 23.6 Å². The Bertz CT molecular complexity index is 714. The van der Waals surface area contributed by atoms with Crippen molar-refractivity contribution >= 4 is 34.1 Å². The molecule has 2 amide bonds. The summed E-state index contributed by atoms with van der Waals surface area (Å²) in [6.07, 6.45) is 2.27. The topological polar surface area (TPSA) is 79.0 Å². The van der Waals surface area contributed by atoms with Gasteiger partial charge < -0.3 is 15.0 Å². The molecule has 8 heteroatoms. The lowest BCUT2D eigenvalue weighted by molar-refractivity contribution is -0.117. The molecule has 0 aromatic carbocycles. The average molecular weight is 396 g/mol. The van der Waals surface area contributed by atoms with E-state index in [1.54, 1.807) is 27.9 Å². The van der Waals surface area contributed by atoms with Crippen LogP contribution in [0.1, 0.15) is 52.3 Å². The molecule has 1 aliphatic rings. The van der Waals surface area contributed by atoms with Crippen LogP contribution in [0, 0.1) is 12.8 Å². The first-order valence-corrected chi connectivity index (χ1v) is 10.1. The van der Waals surface area contributed by atoms with Crippen molar-refractivity contribution in [3.8, 4) is 0 Å². The molecule has 1 N–H and O–H groups in total.